The zero-order chi connectivity index (χ0) is 17.2. The van der Waals surface area contributed by atoms with Crippen LogP contribution in [0.4, 0.5) is 0 Å². The Labute approximate surface area is 154 Å². The van der Waals surface area contributed by atoms with Gasteiger partial charge in [-0.1, -0.05) is 66.7 Å². The molecule has 0 saturated carbocycles. The van der Waals surface area contributed by atoms with Crippen LogP contribution in [0.15, 0.2) is 71.6 Å². The van der Waals surface area contributed by atoms with E-state index in [1.54, 1.807) is 0 Å². The highest BCUT2D eigenvalue weighted by atomic mass is 32.2. The first-order chi connectivity index (χ1) is 12.2. The highest BCUT2D eigenvalue weighted by Gasteiger charge is 2.19. The van der Waals surface area contributed by atoms with Crippen molar-refractivity contribution in [3.05, 3.63) is 83.4 Å². The van der Waals surface area contributed by atoms with Crippen LogP contribution in [0, 0.1) is 0 Å². The van der Waals surface area contributed by atoms with Crippen molar-refractivity contribution in [2.24, 2.45) is 0 Å². The van der Waals surface area contributed by atoms with Crippen molar-refractivity contribution >= 4 is 28.1 Å². The van der Waals surface area contributed by atoms with E-state index in [0.717, 1.165) is 18.7 Å². The van der Waals surface area contributed by atoms with Crippen LogP contribution in [0.3, 0.4) is 0 Å². The van der Waals surface area contributed by atoms with E-state index in [2.05, 4.69) is 85.7 Å². The van der Waals surface area contributed by atoms with E-state index >= 15 is 0 Å². The lowest BCUT2D eigenvalue weighted by Crippen LogP contribution is -2.12. The third-order valence-corrected chi connectivity index (χ3v) is 5.96. The van der Waals surface area contributed by atoms with Crippen LogP contribution >= 0.6 is 11.8 Å². The molecule has 4 rings (SSSR count). The molecule has 0 atom stereocenters. The number of hydrogen-bond donors (Lipinski definition) is 0. The Kier molecular flexibility index (Phi) is 4.65. The molecule has 1 aliphatic heterocycles. The summed E-state index contributed by atoms with van der Waals surface area (Å²) in [5, 5.41) is 2.70. The lowest BCUT2D eigenvalue weighted by atomic mass is 9.92. The number of thioether (sulfide) groups is 1. The van der Waals surface area contributed by atoms with Crippen molar-refractivity contribution in [1.29, 1.82) is 0 Å². The zero-order valence-corrected chi connectivity index (χ0v) is 15.6. The molecule has 2 heteroatoms. The highest BCUT2D eigenvalue weighted by molar-refractivity contribution is 7.98. The van der Waals surface area contributed by atoms with E-state index in [-0.39, 0.29) is 0 Å². The van der Waals surface area contributed by atoms with E-state index in [1.807, 2.05) is 11.8 Å². The molecule has 0 fully saturated rings. The third-order valence-electron chi connectivity index (χ3n) is 4.77. The fourth-order valence-corrected chi connectivity index (χ4v) is 4.73. The summed E-state index contributed by atoms with van der Waals surface area (Å²) in [5.74, 6) is 1.03. The van der Waals surface area contributed by atoms with Crippen LogP contribution in [0.5, 0.6) is 0 Å². The quantitative estimate of drug-likeness (QED) is 0.587. The smallest absolute Gasteiger partial charge is 0.0238 e. The van der Waals surface area contributed by atoms with Crippen LogP contribution in [-0.2, 0) is 5.75 Å². The molecule has 1 aliphatic rings. The maximum absolute atomic E-state index is 2.43. The first kappa shape index (κ1) is 16.4. The van der Waals surface area contributed by atoms with Gasteiger partial charge in [0.1, 0.15) is 0 Å². The summed E-state index contributed by atoms with van der Waals surface area (Å²) < 4.78 is 0. The largest absolute Gasteiger partial charge is 0.309 e. The number of nitrogens with zero attached hydrogens (tertiary/aromatic N) is 1. The average molecular weight is 346 g/mol. The van der Waals surface area contributed by atoms with Gasteiger partial charge in [0.05, 0.1) is 0 Å². The summed E-state index contributed by atoms with van der Waals surface area (Å²) in [6.07, 6.45) is 3.49. The first-order valence-electron chi connectivity index (χ1n) is 8.82. The number of hydrogen-bond acceptors (Lipinski definition) is 2. The summed E-state index contributed by atoms with van der Waals surface area (Å²) in [6, 6.07) is 22.2. The second kappa shape index (κ2) is 7.07. The van der Waals surface area contributed by atoms with Gasteiger partial charge in [-0.05, 0) is 53.6 Å². The monoisotopic (exact) mass is 345 g/mol. The van der Waals surface area contributed by atoms with Gasteiger partial charge >= 0.3 is 0 Å². The Morgan fingerprint density at radius 2 is 1.72 bits per heavy atom. The van der Waals surface area contributed by atoms with Crippen molar-refractivity contribution in [3.63, 3.8) is 0 Å². The van der Waals surface area contributed by atoms with Gasteiger partial charge in [-0.15, -0.1) is 11.8 Å². The molecule has 0 aromatic heterocycles. The first-order valence-corrected chi connectivity index (χ1v) is 9.80. The minimum absolute atomic E-state index is 1.03. The molecule has 0 bridgehead atoms. The summed E-state index contributed by atoms with van der Waals surface area (Å²) in [6.45, 7) is 1.07. The van der Waals surface area contributed by atoms with Crippen LogP contribution in [-0.4, -0.2) is 25.5 Å². The predicted molar refractivity (Wildman–Crippen MR) is 110 cm³/mol. The number of benzene rings is 3. The minimum atomic E-state index is 1.03. The van der Waals surface area contributed by atoms with Crippen molar-refractivity contribution in [1.82, 2.24) is 4.90 Å². The van der Waals surface area contributed by atoms with Gasteiger partial charge in [-0.3, -0.25) is 0 Å². The van der Waals surface area contributed by atoms with Gasteiger partial charge in [-0.25, -0.2) is 0 Å². The molecule has 0 unspecified atom stereocenters. The standard InChI is InChI=1S/C23H23NS/c1-24(2)15-7-12-21-19-10-5-4-9-18(19)16-25-23-20-11-6-3-8-17(20)13-14-22(21)23/h3-6,8-14H,7,15-16H2,1-2H3/b21-12+. The van der Waals surface area contributed by atoms with Crippen molar-refractivity contribution in [2.45, 2.75) is 17.1 Å². The van der Waals surface area contributed by atoms with Crippen LogP contribution in [0.1, 0.15) is 23.1 Å². The minimum Gasteiger partial charge on any atom is -0.309 e. The average Bonchev–Trinajstić information content (AvgIpc) is 2.79. The Balaban J connectivity index is 1.90. The molecule has 1 heterocycles. The Hall–Kier alpha value is -2.03. The van der Waals surface area contributed by atoms with Gasteiger partial charge in [0.15, 0.2) is 0 Å². The lowest BCUT2D eigenvalue weighted by Gasteiger charge is -2.14. The SMILES string of the molecule is CN(C)CC/C=C1\c2ccccc2CSc2c1ccc1ccccc21. The fourth-order valence-electron chi connectivity index (χ4n) is 3.50. The molecular weight excluding hydrogens is 322 g/mol. The van der Waals surface area contributed by atoms with Crippen LogP contribution < -0.4 is 0 Å². The molecule has 126 valence electrons. The van der Waals surface area contributed by atoms with Crippen molar-refractivity contribution < 1.29 is 0 Å². The molecule has 0 saturated heterocycles. The summed E-state index contributed by atoms with van der Waals surface area (Å²) >= 11 is 1.97. The van der Waals surface area contributed by atoms with Crippen molar-refractivity contribution in [3.8, 4) is 0 Å². The fraction of sp³-hybridized carbons (Fsp3) is 0.217. The Bertz CT molecular complexity index is 940. The van der Waals surface area contributed by atoms with Gasteiger partial charge in [0.2, 0.25) is 0 Å². The zero-order valence-electron chi connectivity index (χ0n) is 14.8. The van der Waals surface area contributed by atoms with Gasteiger partial charge in [0, 0.05) is 17.2 Å². The summed E-state index contributed by atoms with van der Waals surface area (Å²) in [5.41, 5.74) is 5.60. The molecule has 1 nitrogen and oxygen atoms in total. The maximum atomic E-state index is 2.43. The predicted octanol–water partition coefficient (Wildman–Crippen LogP) is 5.83. The normalized spacial score (nSPS) is 15.2. The molecule has 25 heavy (non-hydrogen) atoms. The molecule has 0 amide bonds. The Morgan fingerprint density at radius 3 is 2.60 bits per heavy atom. The molecule has 0 N–H and O–H groups in total. The summed E-state index contributed by atoms with van der Waals surface area (Å²) in [7, 11) is 4.27. The second-order valence-electron chi connectivity index (χ2n) is 6.82. The topological polar surface area (TPSA) is 3.24 Å². The summed E-state index contributed by atoms with van der Waals surface area (Å²) in [4.78, 5) is 3.67. The van der Waals surface area contributed by atoms with Gasteiger partial charge in [0.25, 0.3) is 0 Å². The number of rotatable bonds is 3. The Morgan fingerprint density at radius 1 is 0.920 bits per heavy atom. The van der Waals surface area contributed by atoms with Crippen LogP contribution in [0.25, 0.3) is 16.3 Å². The molecule has 0 spiro atoms. The second-order valence-corrected chi connectivity index (χ2v) is 7.80. The molecule has 3 aromatic carbocycles. The molecule has 0 aliphatic carbocycles. The number of fused-ring (bicyclic) bond motifs is 4. The van der Waals surface area contributed by atoms with E-state index in [4.69, 9.17) is 0 Å². The maximum Gasteiger partial charge on any atom is 0.0238 e. The van der Waals surface area contributed by atoms with Gasteiger partial charge in [-0.2, -0.15) is 0 Å². The van der Waals surface area contributed by atoms with E-state index in [1.165, 1.54) is 37.9 Å². The van der Waals surface area contributed by atoms with E-state index < -0.39 is 0 Å². The van der Waals surface area contributed by atoms with Gasteiger partial charge < -0.3 is 4.90 Å². The molecular formula is C23H23NS. The van der Waals surface area contributed by atoms with Crippen LogP contribution in [0.2, 0.25) is 0 Å². The molecule has 3 aromatic rings. The van der Waals surface area contributed by atoms with E-state index in [0.29, 0.717) is 0 Å². The van der Waals surface area contributed by atoms with E-state index in [9.17, 15) is 0 Å². The lowest BCUT2D eigenvalue weighted by molar-refractivity contribution is 0.417. The van der Waals surface area contributed by atoms with Crippen molar-refractivity contribution in [2.75, 3.05) is 20.6 Å². The third kappa shape index (κ3) is 3.24. The highest BCUT2D eigenvalue weighted by Crippen LogP contribution is 2.43. The molecule has 0 radical (unpaired) electrons.